The Morgan fingerprint density at radius 3 is 2.88 bits per heavy atom. The lowest BCUT2D eigenvalue weighted by Crippen LogP contribution is -2.34. The Balaban J connectivity index is 2.04. The summed E-state index contributed by atoms with van der Waals surface area (Å²) in [6.07, 6.45) is 1.36. The van der Waals surface area contributed by atoms with Crippen molar-refractivity contribution in [2.45, 2.75) is 32.3 Å². The van der Waals surface area contributed by atoms with Gasteiger partial charge in [-0.2, -0.15) is 0 Å². The van der Waals surface area contributed by atoms with E-state index >= 15 is 0 Å². The van der Waals surface area contributed by atoms with Crippen molar-refractivity contribution in [3.63, 3.8) is 0 Å². The number of hydrogen-bond donors (Lipinski definition) is 1. The highest BCUT2D eigenvalue weighted by Gasteiger charge is 2.26. The normalized spacial score (nSPS) is 22.3. The summed E-state index contributed by atoms with van der Waals surface area (Å²) in [6, 6.07) is 3.82. The van der Waals surface area contributed by atoms with E-state index in [4.69, 9.17) is 4.74 Å². The largest absolute Gasteiger partial charge is 0.479 e. The molecule has 4 nitrogen and oxygen atoms in total. The Morgan fingerprint density at radius 2 is 2.06 bits per heavy atom. The average Bonchev–Trinajstić information content (AvgIpc) is 2.28. The monoisotopic (exact) mass is 231 g/mol. The van der Waals surface area contributed by atoms with Crippen LogP contribution in [0.1, 0.15) is 24.5 Å². The number of ether oxygens (including phenoxy) is 1. The number of benzene rings is 1. The second-order valence-electron chi connectivity index (χ2n) is 4.58. The molecule has 3 rings (SSSR count). The van der Waals surface area contributed by atoms with E-state index in [0.29, 0.717) is 18.6 Å². The van der Waals surface area contributed by atoms with Crippen molar-refractivity contribution < 1.29 is 14.3 Å². The van der Waals surface area contributed by atoms with Gasteiger partial charge in [0.15, 0.2) is 6.10 Å². The highest BCUT2D eigenvalue weighted by Crippen LogP contribution is 2.34. The summed E-state index contributed by atoms with van der Waals surface area (Å²) < 4.78 is 5.52. The molecule has 0 bridgehead atoms. The van der Waals surface area contributed by atoms with Gasteiger partial charge < -0.3 is 10.1 Å². The maximum absolute atomic E-state index is 11.5. The van der Waals surface area contributed by atoms with E-state index in [1.54, 1.807) is 6.92 Å². The number of fused-ring (bicyclic) bond motifs is 2. The van der Waals surface area contributed by atoms with E-state index in [1.165, 1.54) is 0 Å². The third-order valence-electron chi connectivity index (χ3n) is 3.29. The molecule has 4 heteroatoms. The van der Waals surface area contributed by atoms with E-state index in [2.05, 4.69) is 5.32 Å². The van der Waals surface area contributed by atoms with Gasteiger partial charge in [-0.15, -0.1) is 0 Å². The summed E-state index contributed by atoms with van der Waals surface area (Å²) in [5.41, 5.74) is 2.89. The number of rotatable bonds is 0. The first kappa shape index (κ1) is 10.3. The molecular formula is C13H13NO3. The lowest BCUT2D eigenvalue weighted by molar-refractivity contribution is -0.123. The summed E-state index contributed by atoms with van der Waals surface area (Å²) in [6.45, 7) is 1.71. The zero-order valence-electron chi connectivity index (χ0n) is 9.58. The number of carbonyl (C=O) groups is 2. The topological polar surface area (TPSA) is 55.4 Å². The number of nitrogens with one attached hydrogen (secondary N) is 1. The van der Waals surface area contributed by atoms with Crippen LogP contribution in [0.5, 0.6) is 5.75 Å². The van der Waals surface area contributed by atoms with Crippen molar-refractivity contribution >= 4 is 17.4 Å². The lowest BCUT2D eigenvalue weighted by atomic mass is 9.90. The van der Waals surface area contributed by atoms with Gasteiger partial charge in [0.1, 0.15) is 11.5 Å². The third kappa shape index (κ3) is 1.69. The van der Waals surface area contributed by atoms with Crippen LogP contribution < -0.4 is 10.1 Å². The average molecular weight is 231 g/mol. The van der Waals surface area contributed by atoms with Crippen LogP contribution in [-0.4, -0.2) is 17.8 Å². The molecule has 0 saturated carbocycles. The second-order valence-corrected chi connectivity index (χ2v) is 4.58. The smallest absolute Gasteiger partial charge is 0.265 e. The molecule has 0 aromatic heterocycles. The summed E-state index contributed by atoms with van der Waals surface area (Å²) >= 11 is 0. The fourth-order valence-corrected chi connectivity index (χ4v) is 2.31. The molecule has 1 heterocycles. The van der Waals surface area contributed by atoms with Gasteiger partial charge in [0.2, 0.25) is 0 Å². The first-order valence-corrected chi connectivity index (χ1v) is 5.78. The van der Waals surface area contributed by atoms with Crippen LogP contribution in [0.25, 0.3) is 0 Å². The Labute approximate surface area is 99.0 Å². The summed E-state index contributed by atoms with van der Waals surface area (Å²) in [5, 5.41) is 2.82. The Kier molecular flexibility index (Phi) is 2.18. The van der Waals surface area contributed by atoms with Crippen LogP contribution in [0.3, 0.4) is 0 Å². The number of Topliss-reactive ketones (excluding diaryl/α,β-unsaturated/α-hetero) is 1. The Hall–Kier alpha value is -1.84. The molecule has 1 aliphatic heterocycles. The molecule has 1 N–H and O–H groups in total. The van der Waals surface area contributed by atoms with Gasteiger partial charge >= 0.3 is 0 Å². The van der Waals surface area contributed by atoms with Gasteiger partial charge in [0.05, 0.1) is 5.69 Å². The number of amides is 1. The van der Waals surface area contributed by atoms with E-state index in [9.17, 15) is 9.59 Å². The molecule has 1 aliphatic carbocycles. The molecule has 1 aromatic carbocycles. The van der Waals surface area contributed by atoms with Gasteiger partial charge in [-0.1, -0.05) is 0 Å². The van der Waals surface area contributed by atoms with Crippen molar-refractivity contribution in [3.05, 3.63) is 23.3 Å². The molecule has 1 unspecified atom stereocenters. The van der Waals surface area contributed by atoms with E-state index < -0.39 is 6.10 Å². The minimum atomic E-state index is -0.472. The number of ketones is 1. The van der Waals surface area contributed by atoms with Gasteiger partial charge in [0, 0.05) is 12.8 Å². The van der Waals surface area contributed by atoms with E-state index in [0.717, 1.165) is 23.2 Å². The SMILES string of the molecule is CC1Oc2cc3c(cc2NC1=O)CCC(=O)C3. The molecule has 0 fully saturated rings. The van der Waals surface area contributed by atoms with Gasteiger partial charge in [-0.25, -0.2) is 0 Å². The fourth-order valence-electron chi connectivity index (χ4n) is 2.31. The first-order chi connectivity index (χ1) is 8.13. The van der Waals surface area contributed by atoms with Crippen LogP contribution in [0, 0.1) is 0 Å². The highest BCUT2D eigenvalue weighted by molar-refractivity contribution is 5.98. The molecule has 0 saturated heterocycles. The van der Waals surface area contributed by atoms with Gasteiger partial charge in [-0.3, -0.25) is 9.59 Å². The van der Waals surface area contributed by atoms with Crippen LogP contribution in [0.2, 0.25) is 0 Å². The third-order valence-corrected chi connectivity index (χ3v) is 3.29. The highest BCUT2D eigenvalue weighted by atomic mass is 16.5. The summed E-state index contributed by atoms with van der Waals surface area (Å²) in [5.74, 6) is 0.820. The molecule has 17 heavy (non-hydrogen) atoms. The zero-order chi connectivity index (χ0) is 12.0. The Morgan fingerprint density at radius 1 is 1.24 bits per heavy atom. The van der Waals surface area contributed by atoms with Crippen molar-refractivity contribution in [2.75, 3.05) is 5.32 Å². The van der Waals surface area contributed by atoms with Gasteiger partial charge in [-0.05, 0) is 36.6 Å². The van der Waals surface area contributed by atoms with Crippen LogP contribution in [0.15, 0.2) is 12.1 Å². The second kappa shape index (κ2) is 3.58. The van der Waals surface area contributed by atoms with Crippen molar-refractivity contribution in [1.82, 2.24) is 0 Å². The summed E-state index contributed by atoms with van der Waals surface area (Å²) in [7, 11) is 0. The lowest BCUT2D eigenvalue weighted by Gasteiger charge is -2.26. The maximum atomic E-state index is 11.5. The minimum absolute atomic E-state index is 0.121. The minimum Gasteiger partial charge on any atom is -0.479 e. The molecule has 1 aromatic rings. The van der Waals surface area contributed by atoms with Gasteiger partial charge in [0.25, 0.3) is 5.91 Å². The molecule has 2 aliphatic rings. The number of anilines is 1. The van der Waals surface area contributed by atoms with Crippen LogP contribution >= 0.6 is 0 Å². The summed E-state index contributed by atoms with van der Waals surface area (Å²) in [4.78, 5) is 22.9. The molecule has 1 atom stereocenters. The van der Waals surface area contributed by atoms with E-state index in [1.807, 2.05) is 12.1 Å². The molecule has 1 amide bonds. The Bertz CT molecular complexity index is 522. The van der Waals surface area contributed by atoms with Crippen LogP contribution in [0.4, 0.5) is 5.69 Å². The first-order valence-electron chi connectivity index (χ1n) is 5.78. The van der Waals surface area contributed by atoms with E-state index in [-0.39, 0.29) is 11.7 Å². The molecular weight excluding hydrogens is 218 g/mol. The number of aryl methyl sites for hydroxylation is 1. The fraction of sp³-hybridized carbons (Fsp3) is 0.385. The zero-order valence-corrected chi connectivity index (χ0v) is 9.58. The predicted octanol–water partition coefficient (Wildman–Crippen LogP) is 1.46. The number of carbonyl (C=O) groups excluding carboxylic acids is 2. The molecule has 0 spiro atoms. The van der Waals surface area contributed by atoms with Crippen molar-refractivity contribution in [3.8, 4) is 5.75 Å². The van der Waals surface area contributed by atoms with Crippen molar-refractivity contribution in [2.24, 2.45) is 0 Å². The molecule has 0 radical (unpaired) electrons. The number of hydrogen-bond acceptors (Lipinski definition) is 3. The standard InChI is InChI=1S/C13H13NO3/c1-7-13(16)14-11-5-8-2-3-10(15)4-9(8)6-12(11)17-7/h5-7H,2-4H2,1H3,(H,14,16). The van der Waals surface area contributed by atoms with Crippen molar-refractivity contribution in [1.29, 1.82) is 0 Å². The quantitative estimate of drug-likeness (QED) is 0.735. The maximum Gasteiger partial charge on any atom is 0.265 e. The predicted molar refractivity (Wildman–Crippen MR) is 62.2 cm³/mol. The molecule has 88 valence electrons. The van der Waals surface area contributed by atoms with Crippen LogP contribution in [-0.2, 0) is 22.4 Å².